The van der Waals surface area contributed by atoms with Crippen molar-refractivity contribution in [2.24, 2.45) is 0 Å². The van der Waals surface area contributed by atoms with Crippen molar-refractivity contribution in [1.82, 2.24) is 0 Å². The lowest BCUT2D eigenvalue weighted by Gasteiger charge is -2.13. The number of hydrogen-bond acceptors (Lipinski definition) is 0. The molecule has 0 spiro atoms. The van der Waals surface area contributed by atoms with Crippen molar-refractivity contribution in [1.29, 1.82) is 0 Å². The average Bonchev–Trinajstić information content (AvgIpc) is 2.03. The van der Waals surface area contributed by atoms with Gasteiger partial charge in [-0.1, -0.05) is 30.3 Å². The van der Waals surface area contributed by atoms with Gasteiger partial charge < -0.3 is 0 Å². The summed E-state index contributed by atoms with van der Waals surface area (Å²) in [5.41, 5.74) is 0.625. The van der Waals surface area contributed by atoms with E-state index in [1.165, 1.54) is 0 Å². The first-order valence-electron chi connectivity index (χ1n) is 3.94. The summed E-state index contributed by atoms with van der Waals surface area (Å²) in [4.78, 5) is 0. The highest BCUT2D eigenvalue weighted by Gasteiger charge is 2.30. The molecule has 13 heavy (non-hydrogen) atoms. The summed E-state index contributed by atoms with van der Waals surface area (Å²) in [6.07, 6.45) is -5.00. The Morgan fingerprint density at radius 3 is 2.15 bits per heavy atom. The maximum absolute atomic E-state index is 12.0. The quantitative estimate of drug-likeness (QED) is 0.664. The Bertz CT molecular complexity index is 251. The minimum Gasteiger partial charge on any atom is -0.171 e. The van der Waals surface area contributed by atoms with Crippen molar-refractivity contribution in [3.8, 4) is 0 Å². The SMILES string of the molecule is [CH2]C(CC(F)(F)F)c1ccccc1. The summed E-state index contributed by atoms with van der Waals surface area (Å²) in [6.45, 7) is 3.47. The van der Waals surface area contributed by atoms with Gasteiger partial charge in [-0.2, -0.15) is 13.2 Å². The van der Waals surface area contributed by atoms with Crippen molar-refractivity contribution < 1.29 is 13.2 Å². The van der Waals surface area contributed by atoms with Crippen LogP contribution in [0.5, 0.6) is 0 Å². The second-order valence-corrected chi connectivity index (χ2v) is 2.93. The Labute approximate surface area is 75.4 Å². The molecule has 1 atom stereocenters. The van der Waals surface area contributed by atoms with Gasteiger partial charge in [0.1, 0.15) is 0 Å². The number of rotatable bonds is 2. The summed E-state index contributed by atoms with van der Waals surface area (Å²) in [7, 11) is 0. The molecule has 0 saturated heterocycles. The van der Waals surface area contributed by atoms with Gasteiger partial charge in [-0.15, -0.1) is 0 Å². The first kappa shape index (κ1) is 10.1. The zero-order valence-corrected chi connectivity index (χ0v) is 7.01. The smallest absolute Gasteiger partial charge is 0.171 e. The lowest BCUT2D eigenvalue weighted by Crippen LogP contribution is -2.11. The fourth-order valence-corrected chi connectivity index (χ4v) is 1.12. The molecule has 1 unspecified atom stereocenters. The molecule has 71 valence electrons. The summed E-state index contributed by atoms with van der Waals surface area (Å²) >= 11 is 0. The standard InChI is InChI=1S/C10H10F3/c1-8(7-10(11,12)13)9-5-3-2-4-6-9/h2-6,8H,1,7H2. The van der Waals surface area contributed by atoms with Crippen molar-refractivity contribution >= 4 is 0 Å². The fourth-order valence-electron chi connectivity index (χ4n) is 1.12. The number of halogens is 3. The van der Waals surface area contributed by atoms with Crippen molar-refractivity contribution in [3.63, 3.8) is 0 Å². The van der Waals surface area contributed by atoms with E-state index in [1.807, 2.05) is 0 Å². The molecule has 0 heterocycles. The number of hydrogen-bond donors (Lipinski definition) is 0. The van der Waals surface area contributed by atoms with Gasteiger partial charge in [0.05, 0.1) is 6.42 Å². The first-order valence-corrected chi connectivity index (χ1v) is 3.94. The predicted octanol–water partition coefficient (Wildman–Crippen LogP) is 3.56. The van der Waals surface area contributed by atoms with E-state index < -0.39 is 18.5 Å². The second kappa shape index (κ2) is 3.81. The number of alkyl halides is 3. The van der Waals surface area contributed by atoms with E-state index in [0.29, 0.717) is 5.56 Å². The van der Waals surface area contributed by atoms with Gasteiger partial charge in [-0.05, 0) is 18.4 Å². The molecule has 0 amide bonds. The van der Waals surface area contributed by atoms with E-state index >= 15 is 0 Å². The van der Waals surface area contributed by atoms with Crippen LogP contribution in [0.15, 0.2) is 30.3 Å². The third kappa shape index (κ3) is 3.49. The highest BCUT2D eigenvalue weighted by Crippen LogP contribution is 2.30. The van der Waals surface area contributed by atoms with Crippen molar-refractivity contribution in [3.05, 3.63) is 42.8 Å². The largest absolute Gasteiger partial charge is 0.389 e. The second-order valence-electron chi connectivity index (χ2n) is 2.93. The molecule has 1 radical (unpaired) electrons. The monoisotopic (exact) mass is 187 g/mol. The first-order chi connectivity index (χ1) is 5.99. The normalized spacial score (nSPS) is 14.2. The number of benzene rings is 1. The van der Waals surface area contributed by atoms with E-state index in [2.05, 4.69) is 6.92 Å². The van der Waals surface area contributed by atoms with E-state index in [1.54, 1.807) is 30.3 Å². The van der Waals surface area contributed by atoms with Crippen LogP contribution in [0, 0.1) is 6.92 Å². The molecule has 0 aliphatic heterocycles. The lowest BCUT2D eigenvalue weighted by atomic mass is 9.98. The van der Waals surface area contributed by atoms with Crippen LogP contribution in [-0.4, -0.2) is 6.18 Å². The van der Waals surface area contributed by atoms with Gasteiger partial charge in [0.15, 0.2) is 0 Å². The summed E-state index contributed by atoms with van der Waals surface area (Å²) in [5.74, 6) is -0.707. The third-order valence-electron chi connectivity index (χ3n) is 1.75. The van der Waals surface area contributed by atoms with Crippen LogP contribution in [0.4, 0.5) is 13.2 Å². The zero-order chi connectivity index (χ0) is 9.90. The molecule has 0 nitrogen and oxygen atoms in total. The highest BCUT2D eigenvalue weighted by molar-refractivity contribution is 5.20. The molecule has 0 fully saturated rings. The Balaban J connectivity index is 2.64. The van der Waals surface area contributed by atoms with Crippen molar-refractivity contribution in [2.45, 2.75) is 18.5 Å². The van der Waals surface area contributed by atoms with E-state index in [0.717, 1.165) is 0 Å². The minimum atomic E-state index is -4.14. The summed E-state index contributed by atoms with van der Waals surface area (Å²) < 4.78 is 35.9. The Morgan fingerprint density at radius 1 is 1.15 bits per heavy atom. The van der Waals surface area contributed by atoms with Gasteiger partial charge >= 0.3 is 6.18 Å². The van der Waals surface area contributed by atoms with Gasteiger partial charge in [0.25, 0.3) is 0 Å². The van der Waals surface area contributed by atoms with Gasteiger partial charge in [-0.25, -0.2) is 0 Å². The zero-order valence-electron chi connectivity index (χ0n) is 7.01. The van der Waals surface area contributed by atoms with Gasteiger partial charge in [-0.3, -0.25) is 0 Å². The summed E-state index contributed by atoms with van der Waals surface area (Å²) in [6, 6.07) is 8.50. The van der Waals surface area contributed by atoms with Crippen LogP contribution in [0.2, 0.25) is 0 Å². The van der Waals surface area contributed by atoms with Crippen LogP contribution in [-0.2, 0) is 0 Å². The molecule has 0 aliphatic rings. The molecule has 1 rings (SSSR count). The molecule has 3 heteroatoms. The Morgan fingerprint density at radius 2 is 1.69 bits per heavy atom. The van der Waals surface area contributed by atoms with Crippen molar-refractivity contribution in [2.75, 3.05) is 0 Å². The van der Waals surface area contributed by atoms with Crippen LogP contribution in [0.3, 0.4) is 0 Å². The maximum Gasteiger partial charge on any atom is 0.389 e. The third-order valence-corrected chi connectivity index (χ3v) is 1.75. The lowest BCUT2D eigenvalue weighted by molar-refractivity contribution is -0.136. The van der Waals surface area contributed by atoms with Gasteiger partial charge in [0, 0.05) is 0 Å². The molecular weight excluding hydrogens is 177 g/mol. The van der Waals surface area contributed by atoms with E-state index in [4.69, 9.17) is 0 Å². The summed E-state index contributed by atoms with van der Waals surface area (Å²) in [5, 5.41) is 0. The minimum absolute atomic E-state index is 0.625. The molecule has 1 aromatic rings. The molecular formula is C10H10F3. The molecule has 0 N–H and O–H groups in total. The van der Waals surface area contributed by atoms with Crippen LogP contribution in [0.25, 0.3) is 0 Å². The Kier molecular flexibility index (Phi) is 2.96. The van der Waals surface area contributed by atoms with Gasteiger partial charge in [0.2, 0.25) is 0 Å². The molecule has 1 aromatic carbocycles. The van der Waals surface area contributed by atoms with Crippen LogP contribution >= 0.6 is 0 Å². The van der Waals surface area contributed by atoms with E-state index in [9.17, 15) is 13.2 Å². The maximum atomic E-state index is 12.0. The van der Waals surface area contributed by atoms with Crippen LogP contribution < -0.4 is 0 Å². The molecule has 0 bridgehead atoms. The highest BCUT2D eigenvalue weighted by atomic mass is 19.4. The average molecular weight is 187 g/mol. The molecule has 0 aliphatic carbocycles. The topological polar surface area (TPSA) is 0 Å². The Hall–Kier alpha value is -0.990. The molecule has 0 aromatic heterocycles. The molecule has 0 saturated carbocycles. The van der Waals surface area contributed by atoms with Crippen LogP contribution in [0.1, 0.15) is 17.9 Å². The van der Waals surface area contributed by atoms with E-state index in [-0.39, 0.29) is 0 Å². The fraction of sp³-hybridized carbons (Fsp3) is 0.300. The predicted molar refractivity (Wildman–Crippen MR) is 45.2 cm³/mol.